The minimum atomic E-state index is -4.08. The molecule has 6 nitrogen and oxygen atoms in total. The SMILES string of the molecule is CC(C)CN(Cc1ccc(OS(=O)(=O)c2ccc(F)cc2)cc1)C(=O)COc1ccccc1. The highest BCUT2D eigenvalue weighted by molar-refractivity contribution is 7.87. The van der Waals surface area contributed by atoms with Crippen molar-refractivity contribution in [1.29, 1.82) is 0 Å². The maximum atomic E-state index is 13.0. The average Bonchev–Trinajstić information content (AvgIpc) is 2.79. The number of rotatable bonds is 10. The van der Waals surface area contributed by atoms with Crippen molar-refractivity contribution in [3.8, 4) is 11.5 Å². The van der Waals surface area contributed by atoms with E-state index in [1.54, 1.807) is 29.2 Å². The third-order valence-corrected chi connectivity index (χ3v) is 5.91. The third-order valence-electron chi connectivity index (χ3n) is 4.65. The topological polar surface area (TPSA) is 72.9 Å². The fourth-order valence-electron chi connectivity index (χ4n) is 3.10. The summed E-state index contributed by atoms with van der Waals surface area (Å²) in [6.45, 7) is 4.87. The van der Waals surface area contributed by atoms with Crippen LogP contribution in [0.15, 0.2) is 83.8 Å². The van der Waals surface area contributed by atoms with Crippen molar-refractivity contribution in [2.24, 2.45) is 5.92 Å². The van der Waals surface area contributed by atoms with Crippen LogP contribution in [0.5, 0.6) is 11.5 Å². The van der Waals surface area contributed by atoms with E-state index in [1.165, 1.54) is 12.1 Å². The standard InChI is InChI=1S/C25H26FNO5S/c1-19(2)16-27(25(28)18-31-22-6-4-3-5-7-22)17-20-8-12-23(13-9-20)32-33(29,30)24-14-10-21(26)11-15-24/h3-15,19H,16-18H2,1-2H3. The molecular weight excluding hydrogens is 445 g/mol. The summed E-state index contributed by atoms with van der Waals surface area (Å²) in [5, 5.41) is 0. The molecule has 0 bridgehead atoms. The minimum Gasteiger partial charge on any atom is -0.484 e. The quantitative estimate of drug-likeness (QED) is 0.402. The summed E-state index contributed by atoms with van der Waals surface area (Å²) in [6, 6.07) is 20.0. The van der Waals surface area contributed by atoms with Gasteiger partial charge in [-0.25, -0.2) is 4.39 Å². The van der Waals surface area contributed by atoms with E-state index in [4.69, 9.17) is 8.92 Å². The van der Waals surface area contributed by atoms with Gasteiger partial charge in [0.1, 0.15) is 22.2 Å². The Morgan fingerprint density at radius 2 is 1.55 bits per heavy atom. The molecule has 1 amide bonds. The molecule has 174 valence electrons. The molecule has 0 fully saturated rings. The fourth-order valence-corrected chi connectivity index (χ4v) is 4.03. The van der Waals surface area contributed by atoms with Crippen molar-refractivity contribution < 1.29 is 26.5 Å². The molecule has 0 N–H and O–H groups in total. The first kappa shape index (κ1) is 24.3. The van der Waals surface area contributed by atoms with E-state index in [0.717, 1.165) is 29.8 Å². The smallest absolute Gasteiger partial charge is 0.339 e. The molecule has 0 aliphatic rings. The molecule has 0 spiro atoms. The van der Waals surface area contributed by atoms with Crippen LogP contribution in [-0.2, 0) is 21.5 Å². The zero-order valence-electron chi connectivity index (χ0n) is 18.5. The predicted molar refractivity (Wildman–Crippen MR) is 123 cm³/mol. The Bertz CT molecular complexity index is 1150. The van der Waals surface area contributed by atoms with Crippen LogP contribution in [0.1, 0.15) is 19.4 Å². The molecule has 0 aromatic heterocycles. The number of halogens is 1. The number of para-hydroxylation sites is 1. The van der Waals surface area contributed by atoms with Crippen molar-refractivity contribution >= 4 is 16.0 Å². The van der Waals surface area contributed by atoms with Crippen molar-refractivity contribution in [3.63, 3.8) is 0 Å². The fraction of sp³-hybridized carbons (Fsp3) is 0.240. The lowest BCUT2D eigenvalue weighted by Gasteiger charge is -2.25. The summed E-state index contributed by atoms with van der Waals surface area (Å²) >= 11 is 0. The summed E-state index contributed by atoms with van der Waals surface area (Å²) in [5.74, 6) is 0.324. The molecule has 33 heavy (non-hydrogen) atoms. The molecular formula is C25H26FNO5S. The number of carbonyl (C=O) groups excluding carboxylic acids is 1. The molecule has 0 saturated carbocycles. The molecule has 0 unspecified atom stereocenters. The molecule has 0 radical (unpaired) electrons. The lowest BCUT2D eigenvalue weighted by Crippen LogP contribution is -2.37. The van der Waals surface area contributed by atoms with Crippen LogP contribution in [0, 0.1) is 11.7 Å². The van der Waals surface area contributed by atoms with E-state index in [2.05, 4.69) is 0 Å². The van der Waals surface area contributed by atoms with Crippen LogP contribution in [0.2, 0.25) is 0 Å². The zero-order chi connectivity index (χ0) is 23.8. The van der Waals surface area contributed by atoms with Gasteiger partial charge in [0.25, 0.3) is 5.91 Å². The monoisotopic (exact) mass is 471 g/mol. The first-order valence-electron chi connectivity index (χ1n) is 10.5. The highest BCUT2D eigenvalue weighted by atomic mass is 32.2. The molecule has 0 aliphatic heterocycles. The molecule has 0 saturated heterocycles. The predicted octanol–water partition coefficient (Wildman–Crippen LogP) is 4.66. The molecule has 0 atom stereocenters. The van der Waals surface area contributed by atoms with E-state index < -0.39 is 15.9 Å². The van der Waals surface area contributed by atoms with Gasteiger partial charge >= 0.3 is 10.1 Å². The van der Waals surface area contributed by atoms with E-state index in [1.807, 2.05) is 32.0 Å². The van der Waals surface area contributed by atoms with E-state index in [0.29, 0.717) is 18.8 Å². The largest absolute Gasteiger partial charge is 0.484 e. The van der Waals surface area contributed by atoms with Gasteiger partial charge in [0.05, 0.1) is 0 Å². The Morgan fingerprint density at radius 3 is 2.15 bits per heavy atom. The van der Waals surface area contributed by atoms with Gasteiger partial charge in [0, 0.05) is 13.1 Å². The van der Waals surface area contributed by atoms with Crippen LogP contribution >= 0.6 is 0 Å². The van der Waals surface area contributed by atoms with Gasteiger partial charge in [-0.15, -0.1) is 0 Å². The van der Waals surface area contributed by atoms with Crippen molar-refractivity contribution in [2.45, 2.75) is 25.3 Å². The number of amides is 1. The Hall–Kier alpha value is -3.39. The second-order valence-corrected chi connectivity index (χ2v) is 9.45. The second kappa shape index (κ2) is 11.0. The minimum absolute atomic E-state index is 0.0756. The van der Waals surface area contributed by atoms with Gasteiger partial charge in [0.15, 0.2) is 6.61 Å². The number of hydrogen-bond acceptors (Lipinski definition) is 5. The Balaban J connectivity index is 1.64. The van der Waals surface area contributed by atoms with Gasteiger partial charge in [-0.2, -0.15) is 8.42 Å². The molecule has 8 heteroatoms. The molecule has 3 rings (SSSR count). The van der Waals surface area contributed by atoms with Gasteiger partial charge in [0.2, 0.25) is 0 Å². The first-order chi connectivity index (χ1) is 15.7. The summed E-state index contributed by atoms with van der Waals surface area (Å²) in [7, 11) is -4.08. The van der Waals surface area contributed by atoms with Gasteiger partial charge < -0.3 is 13.8 Å². The van der Waals surface area contributed by atoms with E-state index in [9.17, 15) is 17.6 Å². The molecule has 0 heterocycles. The number of hydrogen-bond donors (Lipinski definition) is 0. The Labute approximate surface area is 193 Å². The van der Waals surface area contributed by atoms with Crippen LogP contribution in [-0.4, -0.2) is 32.4 Å². The van der Waals surface area contributed by atoms with Crippen molar-refractivity contribution in [1.82, 2.24) is 4.90 Å². The maximum Gasteiger partial charge on any atom is 0.339 e. The van der Waals surface area contributed by atoms with Crippen LogP contribution < -0.4 is 8.92 Å². The number of ether oxygens (including phenoxy) is 1. The maximum absolute atomic E-state index is 13.0. The highest BCUT2D eigenvalue weighted by Gasteiger charge is 2.18. The van der Waals surface area contributed by atoms with Gasteiger partial charge in [-0.3, -0.25) is 4.79 Å². The molecule has 3 aromatic rings. The number of nitrogens with zero attached hydrogens (tertiary/aromatic N) is 1. The van der Waals surface area contributed by atoms with Crippen LogP contribution in [0.3, 0.4) is 0 Å². The average molecular weight is 472 g/mol. The van der Waals surface area contributed by atoms with Crippen LogP contribution in [0.25, 0.3) is 0 Å². The summed E-state index contributed by atoms with van der Waals surface area (Å²) in [6.07, 6.45) is 0. The van der Waals surface area contributed by atoms with Crippen molar-refractivity contribution in [3.05, 3.63) is 90.2 Å². The summed E-state index contributed by atoms with van der Waals surface area (Å²) in [4.78, 5) is 14.3. The zero-order valence-corrected chi connectivity index (χ0v) is 19.3. The number of carbonyl (C=O) groups is 1. The molecule has 3 aromatic carbocycles. The molecule has 0 aliphatic carbocycles. The Kier molecular flexibility index (Phi) is 8.06. The van der Waals surface area contributed by atoms with Crippen molar-refractivity contribution in [2.75, 3.05) is 13.2 Å². The Morgan fingerprint density at radius 1 is 0.909 bits per heavy atom. The second-order valence-electron chi connectivity index (χ2n) is 7.91. The first-order valence-corrected chi connectivity index (χ1v) is 11.9. The third kappa shape index (κ3) is 7.32. The summed E-state index contributed by atoms with van der Waals surface area (Å²) < 4.78 is 48.5. The number of benzene rings is 3. The lowest BCUT2D eigenvalue weighted by atomic mass is 10.1. The highest BCUT2D eigenvalue weighted by Crippen LogP contribution is 2.20. The van der Waals surface area contributed by atoms with Gasteiger partial charge in [-0.1, -0.05) is 44.2 Å². The normalized spacial score (nSPS) is 11.3. The van der Waals surface area contributed by atoms with Gasteiger partial charge in [-0.05, 0) is 60.0 Å². The van der Waals surface area contributed by atoms with Crippen LogP contribution in [0.4, 0.5) is 4.39 Å². The lowest BCUT2D eigenvalue weighted by molar-refractivity contribution is -0.134. The van der Waals surface area contributed by atoms with E-state index in [-0.39, 0.29) is 29.1 Å². The van der Waals surface area contributed by atoms with E-state index >= 15 is 0 Å². The summed E-state index contributed by atoms with van der Waals surface area (Å²) in [5.41, 5.74) is 0.815.